The summed E-state index contributed by atoms with van der Waals surface area (Å²) in [5.74, 6) is 1.39. The van der Waals surface area contributed by atoms with Crippen molar-refractivity contribution in [3.05, 3.63) is 35.7 Å². The van der Waals surface area contributed by atoms with Gasteiger partial charge in [0.25, 0.3) is 10.1 Å². The molecule has 1 saturated heterocycles. The van der Waals surface area contributed by atoms with Crippen molar-refractivity contribution in [3.63, 3.8) is 0 Å². The van der Waals surface area contributed by atoms with Crippen LogP contribution in [0.15, 0.2) is 24.5 Å². The molecule has 1 aromatic heterocycles. The first kappa shape index (κ1) is 14.4. The van der Waals surface area contributed by atoms with Gasteiger partial charge in [-0.25, -0.2) is 0 Å². The van der Waals surface area contributed by atoms with Gasteiger partial charge in [0.05, 0.1) is 17.3 Å². The van der Waals surface area contributed by atoms with Gasteiger partial charge in [0.15, 0.2) is 0 Å². The van der Waals surface area contributed by atoms with Crippen LogP contribution in [0.1, 0.15) is 29.4 Å². The number of rotatable bonds is 0. The highest BCUT2D eigenvalue weighted by molar-refractivity contribution is 7.85. The van der Waals surface area contributed by atoms with Gasteiger partial charge in [0, 0.05) is 25.5 Å². The van der Waals surface area contributed by atoms with Crippen LogP contribution in [-0.2, 0) is 10.1 Å². The Hall–Kier alpha value is -1.57. The highest BCUT2D eigenvalue weighted by atomic mass is 32.2. The number of aromatic nitrogens is 2. The van der Waals surface area contributed by atoms with E-state index in [-0.39, 0.29) is 0 Å². The molecule has 1 aliphatic heterocycles. The monoisotopic (exact) mass is 307 g/mol. The highest BCUT2D eigenvalue weighted by Crippen LogP contribution is 2.44. The summed E-state index contributed by atoms with van der Waals surface area (Å²) in [6, 6.07) is 4.49. The van der Waals surface area contributed by atoms with E-state index in [1.165, 1.54) is 17.5 Å². The normalized spacial score (nSPS) is 23.3. The number of hydrogen-bond donors (Lipinski definition) is 2. The molecule has 0 radical (unpaired) electrons. The van der Waals surface area contributed by atoms with Gasteiger partial charge in [-0.05, 0) is 41.5 Å². The summed E-state index contributed by atoms with van der Waals surface area (Å²) in [6.45, 7) is 2.24. The maximum Gasteiger partial charge on any atom is 0.261 e. The first-order valence-electron chi connectivity index (χ1n) is 6.79. The van der Waals surface area contributed by atoms with E-state index in [1.807, 2.05) is 0 Å². The van der Waals surface area contributed by atoms with Crippen molar-refractivity contribution >= 4 is 21.2 Å². The fourth-order valence-electron chi connectivity index (χ4n) is 3.17. The van der Waals surface area contributed by atoms with Crippen LogP contribution in [0, 0.1) is 0 Å². The van der Waals surface area contributed by atoms with Crippen LogP contribution in [0.3, 0.4) is 0 Å². The third-order valence-corrected chi connectivity index (χ3v) is 3.90. The predicted molar refractivity (Wildman–Crippen MR) is 80.0 cm³/mol. The molecule has 2 N–H and O–H groups in total. The molecule has 7 heteroatoms. The number of fused-ring (bicyclic) bond motifs is 6. The van der Waals surface area contributed by atoms with Gasteiger partial charge in [-0.15, -0.1) is 0 Å². The van der Waals surface area contributed by atoms with E-state index < -0.39 is 10.1 Å². The predicted octanol–water partition coefficient (Wildman–Crippen LogP) is 1.31. The zero-order valence-electron chi connectivity index (χ0n) is 11.7. The fraction of sp³-hybridized carbons (Fsp3) is 0.429. The van der Waals surface area contributed by atoms with E-state index >= 15 is 0 Å². The zero-order valence-corrected chi connectivity index (χ0v) is 12.5. The maximum absolute atomic E-state index is 9.19. The van der Waals surface area contributed by atoms with Crippen LogP contribution in [0.2, 0.25) is 0 Å². The largest absolute Gasteiger partial charge is 0.316 e. The third kappa shape index (κ3) is 3.20. The summed E-state index contributed by atoms with van der Waals surface area (Å²) in [5.41, 5.74) is 5.08. The fourth-order valence-corrected chi connectivity index (χ4v) is 3.17. The Labute approximate surface area is 123 Å². The van der Waals surface area contributed by atoms with Crippen molar-refractivity contribution in [3.8, 4) is 0 Å². The van der Waals surface area contributed by atoms with Gasteiger partial charge in [-0.3, -0.25) is 14.5 Å². The number of nitrogens with one attached hydrogen (secondary N) is 1. The topological polar surface area (TPSA) is 92.2 Å². The van der Waals surface area contributed by atoms with Gasteiger partial charge >= 0.3 is 0 Å². The minimum absolute atomic E-state index is 0.695. The first-order valence-corrected chi connectivity index (χ1v) is 8.64. The lowest BCUT2D eigenvalue weighted by atomic mass is 9.98. The highest BCUT2D eigenvalue weighted by Gasteiger charge is 2.34. The summed E-state index contributed by atoms with van der Waals surface area (Å²) < 4.78 is 25.9. The maximum atomic E-state index is 9.19. The molecular weight excluding hydrogens is 290 g/mol. The van der Waals surface area contributed by atoms with E-state index in [2.05, 4.69) is 27.4 Å². The number of nitrogens with zero attached hydrogens (tertiary/aromatic N) is 2. The molecule has 0 unspecified atom stereocenters. The summed E-state index contributed by atoms with van der Waals surface area (Å²) in [5, 5.41) is 3.51. The van der Waals surface area contributed by atoms with Crippen LogP contribution in [0.5, 0.6) is 0 Å². The molecule has 0 saturated carbocycles. The van der Waals surface area contributed by atoms with Crippen molar-refractivity contribution in [2.24, 2.45) is 0 Å². The van der Waals surface area contributed by atoms with Crippen LogP contribution in [0.4, 0.5) is 0 Å². The van der Waals surface area contributed by atoms with E-state index in [9.17, 15) is 8.42 Å². The van der Waals surface area contributed by atoms with Crippen LogP contribution >= 0.6 is 0 Å². The molecule has 112 valence electrons. The third-order valence-electron chi connectivity index (χ3n) is 3.90. The number of hydrogen-bond acceptors (Lipinski definition) is 5. The lowest BCUT2D eigenvalue weighted by Crippen LogP contribution is -2.28. The zero-order chi connectivity index (χ0) is 15.0. The van der Waals surface area contributed by atoms with Crippen LogP contribution in [-0.4, -0.2) is 42.3 Å². The molecule has 2 aliphatic rings. The Bertz CT molecular complexity index is 720. The SMILES string of the molecule is CS(=O)(=O)O.c1cnc2cc3c(cc2n1)[C@H]1CNC[C@H]3C1. The van der Waals surface area contributed by atoms with Gasteiger partial charge in [-0.1, -0.05) is 0 Å². The van der Waals surface area contributed by atoms with Crippen LogP contribution < -0.4 is 5.32 Å². The van der Waals surface area contributed by atoms with Crippen molar-refractivity contribution in [1.82, 2.24) is 15.3 Å². The summed E-state index contributed by atoms with van der Waals surface area (Å²) in [7, 11) is -3.67. The molecule has 6 nitrogen and oxygen atoms in total. The average molecular weight is 307 g/mol. The van der Waals surface area contributed by atoms with E-state index in [0.717, 1.165) is 24.1 Å². The minimum atomic E-state index is -3.67. The van der Waals surface area contributed by atoms with Gasteiger partial charge < -0.3 is 5.32 Å². The Kier molecular flexibility index (Phi) is 3.64. The van der Waals surface area contributed by atoms with Gasteiger partial charge in [-0.2, -0.15) is 8.42 Å². The van der Waals surface area contributed by atoms with Crippen molar-refractivity contribution in [2.75, 3.05) is 19.3 Å². The average Bonchev–Trinajstić information content (AvgIpc) is 2.66. The van der Waals surface area contributed by atoms with Crippen molar-refractivity contribution < 1.29 is 13.0 Å². The lowest BCUT2D eigenvalue weighted by Gasteiger charge is -2.19. The van der Waals surface area contributed by atoms with Crippen LogP contribution in [0.25, 0.3) is 11.0 Å². The molecule has 0 amide bonds. The Morgan fingerprint density at radius 2 is 1.52 bits per heavy atom. The number of benzene rings is 1. The summed E-state index contributed by atoms with van der Waals surface area (Å²) >= 11 is 0. The summed E-state index contributed by atoms with van der Waals surface area (Å²) in [6.07, 6.45) is 5.56. The van der Waals surface area contributed by atoms with E-state index in [1.54, 1.807) is 12.4 Å². The van der Waals surface area contributed by atoms with Crippen molar-refractivity contribution in [2.45, 2.75) is 18.3 Å². The standard InChI is InChI=1S/C13H13N3.CH4O3S/c1-2-16-13-5-11-9-3-8(6-14-7-9)10(11)4-12(13)15-1;1-5(2,3)4/h1-2,4-5,8-9,14H,3,6-7H2;1H3,(H,2,3,4)/t8-,9-;/m1./s1. The minimum Gasteiger partial charge on any atom is -0.316 e. The molecule has 2 aromatic rings. The molecule has 2 bridgehead atoms. The Morgan fingerprint density at radius 3 is 1.95 bits per heavy atom. The summed E-state index contributed by atoms with van der Waals surface area (Å²) in [4.78, 5) is 8.78. The Morgan fingerprint density at radius 1 is 1.10 bits per heavy atom. The smallest absolute Gasteiger partial charge is 0.261 e. The van der Waals surface area contributed by atoms with Crippen molar-refractivity contribution in [1.29, 1.82) is 0 Å². The van der Waals surface area contributed by atoms with E-state index in [4.69, 9.17) is 4.55 Å². The number of piperidine rings is 1. The first-order chi connectivity index (χ1) is 9.92. The lowest BCUT2D eigenvalue weighted by molar-refractivity contribution is 0.454. The second-order valence-electron chi connectivity index (χ2n) is 5.55. The Balaban J connectivity index is 0.000000233. The van der Waals surface area contributed by atoms with Gasteiger partial charge in [0.1, 0.15) is 0 Å². The van der Waals surface area contributed by atoms with Gasteiger partial charge in [0.2, 0.25) is 0 Å². The second-order valence-corrected chi connectivity index (χ2v) is 7.01. The molecule has 2 heterocycles. The quantitative estimate of drug-likeness (QED) is 0.713. The van der Waals surface area contributed by atoms with E-state index in [0.29, 0.717) is 18.1 Å². The molecule has 1 aliphatic carbocycles. The second kappa shape index (κ2) is 5.32. The molecule has 0 spiro atoms. The molecule has 2 atom stereocenters. The molecule has 21 heavy (non-hydrogen) atoms. The molecule has 1 fully saturated rings. The molecule has 1 aromatic carbocycles. The molecule has 4 rings (SSSR count). The molecular formula is C14H17N3O3S.